The zero-order chi connectivity index (χ0) is 18.0. The van der Waals surface area contributed by atoms with Crippen molar-refractivity contribution in [3.8, 4) is 5.75 Å². The highest BCUT2D eigenvalue weighted by Crippen LogP contribution is 2.27. The van der Waals surface area contributed by atoms with E-state index in [1.165, 1.54) is 9.87 Å². The fourth-order valence-electron chi connectivity index (χ4n) is 3.19. The summed E-state index contributed by atoms with van der Waals surface area (Å²) in [6, 6.07) is 8.07. The van der Waals surface area contributed by atoms with Crippen LogP contribution in [0.5, 0.6) is 5.75 Å². The molecule has 1 fully saturated rings. The molecule has 1 saturated heterocycles. The van der Waals surface area contributed by atoms with Crippen molar-refractivity contribution in [3.05, 3.63) is 41.3 Å². The van der Waals surface area contributed by atoms with Crippen molar-refractivity contribution in [2.45, 2.75) is 51.0 Å². The Morgan fingerprint density at radius 1 is 1.28 bits per heavy atom. The number of nitrogens with zero attached hydrogens (tertiary/aromatic N) is 2. The summed E-state index contributed by atoms with van der Waals surface area (Å²) in [5, 5.41) is 3.76. The SMILES string of the molecule is CCc1cccc(OC2CCN(S(=O)(=O)c3c(C)noc3C)CC2)c1. The molecular formula is C18H24N2O4S. The van der Waals surface area contributed by atoms with Gasteiger partial charge in [-0.25, -0.2) is 8.42 Å². The molecule has 0 spiro atoms. The maximum absolute atomic E-state index is 12.8. The number of rotatable bonds is 5. The summed E-state index contributed by atoms with van der Waals surface area (Å²) in [4.78, 5) is 0.197. The Morgan fingerprint density at radius 2 is 2.00 bits per heavy atom. The maximum atomic E-state index is 12.8. The second kappa shape index (κ2) is 7.17. The van der Waals surface area contributed by atoms with Crippen LogP contribution >= 0.6 is 0 Å². The minimum Gasteiger partial charge on any atom is -0.490 e. The minimum absolute atomic E-state index is 0.0308. The van der Waals surface area contributed by atoms with Gasteiger partial charge in [0.15, 0.2) is 5.76 Å². The quantitative estimate of drug-likeness (QED) is 0.815. The third kappa shape index (κ3) is 3.72. The molecule has 0 radical (unpaired) electrons. The van der Waals surface area contributed by atoms with Gasteiger partial charge >= 0.3 is 0 Å². The monoisotopic (exact) mass is 364 g/mol. The van der Waals surface area contributed by atoms with Gasteiger partial charge in [0.05, 0.1) is 0 Å². The topological polar surface area (TPSA) is 72.6 Å². The Balaban J connectivity index is 1.65. The van der Waals surface area contributed by atoms with Crippen LogP contribution in [-0.2, 0) is 16.4 Å². The van der Waals surface area contributed by atoms with Crippen LogP contribution in [0.3, 0.4) is 0 Å². The van der Waals surface area contributed by atoms with Crippen molar-refractivity contribution >= 4 is 10.0 Å². The number of aromatic nitrogens is 1. The van der Waals surface area contributed by atoms with E-state index in [4.69, 9.17) is 9.26 Å². The molecule has 3 rings (SSSR count). The number of benzene rings is 1. The fraction of sp³-hybridized carbons (Fsp3) is 0.500. The molecule has 2 aromatic rings. The fourth-order valence-corrected chi connectivity index (χ4v) is 4.95. The van der Waals surface area contributed by atoms with Gasteiger partial charge in [-0.15, -0.1) is 0 Å². The molecule has 1 aromatic carbocycles. The van der Waals surface area contributed by atoms with Crippen molar-refractivity contribution in [3.63, 3.8) is 0 Å². The van der Waals surface area contributed by atoms with Crippen LogP contribution in [0.2, 0.25) is 0 Å². The number of piperidine rings is 1. The second-order valence-corrected chi connectivity index (χ2v) is 8.25. The van der Waals surface area contributed by atoms with E-state index < -0.39 is 10.0 Å². The van der Waals surface area contributed by atoms with Crippen molar-refractivity contribution in [2.75, 3.05) is 13.1 Å². The number of ether oxygens (including phenoxy) is 1. The summed E-state index contributed by atoms with van der Waals surface area (Å²) in [6.07, 6.45) is 2.33. The molecule has 0 bridgehead atoms. The molecule has 25 heavy (non-hydrogen) atoms. The van der Waals surface area contributed by atoms with Gasteiger partial charge < -0.3 is 9.26 Å². The average Bonchev–Trinajstić information content (AvgIpc) is 2.95. The van der Waals surface area contributed by atoms with E-state index in [0.717, 1.165) is 12.2 Å². The summed E-state index contributed by atoms with van der Waals surface area (Å²) >= 11 is 0. The number of sulfonamides is 1. The normalized spacial score (nSPS) is 16.9. The maximum Gasteiger partial charge on any atom is 0.248 e. The van der Waals surface area contributed by atoms with E-state index in [9.17, 15) is 8.42 Å². The first-order chi connectivity index (χ1) is 11.9. The molecular weight excluding hydrogens is 340 g/mol. The first-order valence-electron chi connectivity index (χ1n) is 8.60. The molecule has 0 saturated carbocycles. The van der Waals surface area contributed by atoms with Gasteiger partial charge in [-0.2, -0.15) is 4.31 Å². The first-order valence-corrected chi connectivity index (χ1v) is 10.0. The largest absolute Gasteiger partial charge is 0.490 e. The van der Waals surface area contributed by atoms with Crippen molar-refractivity contribution in [1.82, 2.24) is 9.46 Å². The van der Waals surface area contributed by atoms with Crippen LogP contribution < -0.4 is 4.74 Å². The Kier molecular flexibility index (Phi) is 5.15. The standard InChI is InChI=1S/C18H24N2O4S/c1-4-15-6-5-7-17(12-15)23-16-8-10-20(11-9-16)25(21,22)18-13(2)19-24-14(18)3/h5-7,12,16H,4,8-11H2,1-3H3. The number of hydrogen-bond acceptors (Lipinski definition) is 5. The lowest BCUT2D eigenvalue weighted by atomic mass is 10.1. The summed E-state index contributed by atoms with van der Waals surface area (Å²) < 4.78 is 38.2. The zero-order valence-electron chi connectivity index (χ0n) is 14.9. The first kappa shape index (κ1) is 17.9. The minimum atomic E-state index is -3.57. The highest BCUT2D eigenvalue weighted by Gasteiger charge is 2.34. The van der Waals surface area contributed by atoms with Crippen molar-refractivity contribution in [2.24, 2.45) is 0 Å². The molecule has 1 aliphatic rings. The van der Waals surface area contributed by atoms with Gasteiger partial charge in [-0.05, 0) is 50.8 Å². The van der Waals surface area contributed by atoms with Gasteiger partial charge in [-0.1, -0.05) is 24.2 Å². The lowest BCUT2D eigenvalue weighted by Crippen LogP contribution is -2.42. The Hall–Kier alpha value is -1.86. The summed E-state index contributed by atoms with van der Waals surface area (Å²) in [5.41, 5.74) is 1.64. The van der Waals surface area contributed by atoms with E-state index in [1.807, 2.05) is 18.2 Å². The highest BCUT2D eigenvalue weighted by molar-refractivity contribution is 7.89. The van der Waals surface area contributed by atoms with E-state index in [2.05, 4.69) is 18.1 Å². The van der Waals surface area contributed by atoms with Gasteiger partial charge in [0, 0.05) is 13.1 Å². The van der Waals surface area contributed by atoms with Crippen LogP contribution in [0, 0.1) is 13.8 Å². The summed E-state index contributed by atoms with van der Waals surface area (Å²) in [5.74, 6) is 1.19. The average molecular weight is 364 g/mol. The van der Waals surface area contributed by atoms with Gasteiger partial charge in [0.2, 0.25) is 10.0 Å². The molecule has 2 heterocycles. The smallest absolute Gasteiger partial charge is 0.248 e. The molecule has 1 aliphatic heterocycles. The van der Waals surface area contributed by atoms with Crippen LogP contribution in [0.4, 0.5) is 0 Å². The van der Waals surface area contributed by atoms with Gasteiger partial charge in [0.25, 0.3) is 0 Å². The molecule has 1 aromatic heterocycles. The van der Waals surface area contributed by atoms with Crippen LogP contribution in [0.15, 0.2) is 33.7 Å². The Morgan fingerprint density at radius 3 is 2.60 bits per heavy atom. The Labute approximate surface area is 148 Å². The predicted octanol–water partition coefficient (Wildman–Crippen LogP) is 3.09. The van der Waals surface area contributed by atoms with E-state index >= 15 is 0 Å². The summed E-state index contributed by atoms with van der Waals surface area (Å²) in [7, 11) is -3.57. The molecule has 6 nitrogen and oxygen atoms in total. The van der Waals surface area contributed by atoms with E-state index in [0.29, 0.717) is 37.4 Å². The molecule has 0 atom stereocenters. The second-order valence-electron chi connectivity index (χ2n) is 6.38. The van der Waals surface area contributed by atoms with Crippen LogP contribution in [-0.4, -0.2) is 37.1 Å². The number of aryl methyl sites for hydroxylation is 3. The third-order valence-corrected chi connectivity index (χ3v) is 6.72. The van der Waals surface area contributed by atoms with E-state index in [1.54, 1.807) is 13.8 Å². The van der Waals surface area contributed by atoms with Crippen LogP contribution in [0.1, 0.15) is 36.8 Å². The van der Waals surface area contributed by atoms with Crippen molar-refractivity contribution < 1.29 is 17.7 Å². The van der Waals surface area contributed by atoms with Gasteiger partial charge in [-0.3, -0.25) is 0 Å². The Bertz CT molecular complexity index is 817. The molecule has 0 unspecified atom stereocenters. The molecule has 7 heteroatoms. The van der Waals surface area contributed by atoms with E-state index in [-0.39, 0.29) is 11.0 Å². The number of hydrogen-bond donors (Lipinski definition) is 0. The molecule has 136 valence electrons. The highest BCUT2D eigenvalue weighted by atomic mass is 32.2. The van der Waals surface area contributed by atoms with Crippen LogP contribution in [0.25, 0.3) is 0 Å². The predicted molar refractivity (Wildman–Crippen MR) is 94.2 cm³/mol. The van der Waals surface area contributed by atoms with Crippen molar-refractivity contribution in [1.29, 1.82) is 0 Å². The lowest BCUT2D eigenvalue weighted by molar-refractivity contribution is 0.135. The molecule has 0 N–H and O–H groups in total. The molecule has 0 amide bonds. The summed E-state index contributed by atoms with van der Waals surface area (Å²) in [6.45, 7) is 6.26. The molecule has 0 aliphatic carbocycles. The van der Waals surface area contributed by atoms with Gasteiger partial charge in [0.1, 0.15) is 22.4 Å². The lowest BCUT2D eigenvalue weighted by Gasteiger charge is -2.31. The third-order valence-electron chi connectivity index (χ3n) is 4.58. The zero-order valence-corrected chi connectivity index (χ0v) is 15.7.